The van der Waals surface area contributed by atoms with E-state index in [1.54, 1.807) is 7.11 Å². The van der Waals surface area contributed by atoms with Gasteiger partial charge in [0, 0.05) is 48.3 Å². The summed E-state index contributed by atoms with van der Waals surface area (Å²) in [5.41, 5.74) is 10.7. The Balaban J connectivity index is 1.19. The third-order valence-electron chi connectivity index (χ3n) is 11.8. The van der Waals surface area contributed by atoms with Gasteiger partial charge in [-0.1, -0.05) is 182 Å². The normalized spacial score (nSPS) is 11.5. The third-order valence-corrected chi connectivity index (χ3v) is 11.8. The molecule has 0 amide bonds. The summed E-state index contributed by atoms with van der Waals surface area (Å²) in [4.78, 5) is 4.56. The van der Waals surface area contributed by atoms with Gasteiger partial charge in [0.25, 0.3) is 0 Å². The predicted octanol–water partition coefficient (Wildman–Crippen LogP) is 14.5. The summed E-state index contributed by atoms with van der Waals surface area (Å²) in [5, 5.41) is 0. The highest BCUT2D eigenvalue weighted by molar-refractivity contribution is 5.78. The molecule has 0 heterocycles. The Morgan fingerprint density at radius 1 is 0.226 bits per heavy atom. The van der Waals surface area contributed by atoms with Crippen molar-refractivity contribution in [3.8, 4) is 0 Å². The third kappa shape index (κ3) is 7.47. The first kappa shape index (κ1) is 39.9. The summed E-state index contributed by atoms with van der Waals surface area (Å²) in [6.07, 6.45) is 0. The van der Waals surface area contributed by atoms with E-state index in [-0.39, 0.29) is 0 Å². The Kier molecular flexibility index (Phi) is 11.6. The fraction of sp³-hybridized carbons (Fsp3) is 0.0690. The summed E-state index contributed by atoms with van der Waals surface area (Å²) >= 11 is 0. The van der Waals surface area contributed by atoms with Crippen molar-refractivity contribution in [1.82, 2.24) is 0 Å². The Morgan fingerprint density at radius 3 is 0.629 bits per heavy atom. The fourth-order valence-electron chi connectivity index (χ4n) is 8.89. The molecule has 0 unspecified atom stereocenters. The van der Waals surface area contributed by atoms with Crippen molar-refractivity contribution < 1.29 is 9.47 Å². The summed E-state index contributed by atoms with van der Waals surface area (Å²) in [7, 11) is 3.60. The average molecular weight is 805 g/mol. The van der Waals surface area contributed by atoms with Crippen LogP contribution >= 0.6 is 0 Å². The van der Waals surface area contributed by atoms with Crippen LogP contribution in [-0.2, 0) is 20.7 Å². The zero-order valence-electron chi connectivity index (χ0n) is 35.0. The van der Waals surface area contributed by atoms with Crippen LogP contribution in [0.25, 0.3) is 0 Å². The summed E-state index contributed by atoms with van der Waals surface area (Å²) in [5.74, 6) is 0. The number of nitrogens with zero attached hydrogens (tertiary/aromatic N) is 2. The molecule has 0 bridgehead atoms. The van der Waals surface area contributed by atoms with E-state index in [0.29, 0.717) is 0 Å². The molecular formula is C58H48N2O2. The second-order valence-corrected chi connectivity index (χ2v) is 15.2. The largest absolute Gasteiger partial charge is 0.364 e. The summed E-state index contributed by atoms with van der Waals surface area (Å²) in [6.45, 7) is 0. The quantitative estimate of drug-likeness (QED) is 0.102. The van der Waals surface area contributed by atoms with Crippen molar-refractivity contribution >= 4 is 34.1 Å². The molecule has 0 aromatic heterocycles. The van der Waals surface area contributed by atoms with Crippen molar-refractivity contribution in [2.75, 3.05) is 24.0 Å². The maximum atomic E-state index is 6.90. The standard InChI is InChI=1S/C58H48N2O2/c1-61-57(45-21-9-3-10-22-45,46-23-11-4-12-24-46)47-33-35-48(36-34-47)58(62-2,49-37-41-55(42-38-49)59(51-25-13-5-14-26-51)52-27-15-6-16-28-52)50-39-43-56(44-40-50)60(53-29-17-7-18-30-53)54-31-19-8-20-32-54/h3-44H,1-2H3. The number of ether oxygens (including phenoxy) is 2. The van der Waals surface area contributed by atoms with Gasteiger partial charge < -0.3 is 19.3 Å². The summed E-state index contributed by atoms with van der Waals surface area (Å²) in [6, 6.07) is 89.2. The molecule has 0 saturated heterocycles. The molecule has 0 N–H and O–H groups in total. The molecular weight excluding hydrogens is 757 g/mol. The number of methoxy groups -OCH3 is 2. The molecule has 0 saturated carbocycles. The van der Waals surface area contributed by atoms with Crippen LogP contribution < -0.4 is 9.80 Å². The lowest BCUT2D eigenvalue weighted by molar-refractivity contribution is 0.0555. The van der Waals surface area contributed by atoms with Gasteiger partial charge in [0.2, 0.25) is 0 Å². The van der Waals surface area contributed by atoms with Crippen LogP contribution in [0, 0.1) is 0 Å². The number of hydrogen-bond donors (Lipinski definition) is 0. The van der Waals surface area contributed by atoms with Crippen molar-refractivity contribution in [3.63, 3.8) is 0 Å². The van der Waals surface area contributed by atoms with Crippen LogP contribution in [0.2, 0.25) is 0 Å². The first-order chi connectivity index (χ1) is 30.7. The van der Waals surface area contributed by atoms with Crippen LogP contribution in [0.15, 0.2) is 255 Å². The van der Waals surface area contributed by atoms with E-state index in [2.05, 4.69) is 252 Å². The first-order valence-corrected chi connectivity index (χ1v) is 21.0. The molecule has 62 heavy (non-hydrogen) atoms. The molecule has 302 valence electrons. The lowest BCUT2D eigenvalue weighted by Gasteiger charge is -2.37. The number of para-hydroxylation sites is 4. The minimum Gasteiger partial charge on any atom is -0.364 e. The van der Waals surface area contributed by atoms with Gasteiger partial charge in [-0.05, 0) is 106 Å². The fourth-order valence-corrected chi connectivity index (χ4v) is 8.89. The molecule has 4 heteroatoms. The van der Waals surface area contributed by atoms with Crippen LogP contribution in [-0.4, -0.2) is 14.2 Å². The smallest absolute Gasteiger partial charge is 0.143 e. The Labute approximate surface area is 365 Å². The van der Waals surface area contributed by atoms with Gasteiger partial charge in [-0.2, -0.15) is 0 Å². The molecule has 9 rings (SSSR count). The zero-order chi connectivity index (χ0) is 42.2. The zero-order valence-corrected chi connectivity index (χ0v) is 35.0. The Hall–Kier alpha value is -7.50. The van der Waals surface area contributed by atoms with Gasteiger partial charge in [0.15, 0.2) is 0 Å². The van der Waals surface area contributed by atoms with Crippen molar-refractivity contribution in [2.45, 2.75) is 11.2 Å². The van der Waals surface area contributed by atoms with Crippen molar-refractivity contribution in [2.24, 2.45) is 0 Å². The molecule has 0 radical (unpaired) electrons. The van der Waals surface area contributed by atoms with Gasteiger partial charge in [-0.15, -0.1) is 0 Å². The molecule has 0 aliphatic heterocycles. The molecule has 9 aromatic carbocycles. The van der Waals surface area contributed by atoms with Crippen LogP contribution in [0.5, 0.6) is 0 Å². The van der Waals surface area contributed by atoms with E-state index < -0.39 is 11.2 Å². The van der Waals surface area contributed by atoms with Gasteiger partial charge in [-0.25, -0.2) is 0 Å². The van der Waals surface area contributed by atoms with Crippen molar-refractivity contribution in [3.05, 3.63) is 288 Å². The molecule has 0 fully saturated rings. The molecule has 4 nitrogen and oxygen atoms in total. The molecule has 0 aliphatic rings. The Bertz CT molecular complexity index is 2520. The van der Waals surface area contributed by atoms with Crippen molar-refractivity contribution in [1.29, 1.82) is 0 Å². The average Bonchev–Trinajstić information content (AvgIpc) is 3.36. The van der Waals surface area contributed by atoms with Crippen LogP contribution in [0.4, 0.5) is 34.1 Å². The van der Waals surface area contributed by atoms with E-state index >= 15 is 0 Å². The van der Waals surface area contributed by atoms with E-state index in [1.807, 2.05) is 19.2 Å². The molecule has 9 aromatic rings. The maximum absolute atomic E-state index is 6.90. The number of rotatable bonds is 14. The van der Waals surface area contributed by atoms with E-state index in [4.69, 9.17) is 9.47 Å². The highest BCUT2D eigenvalue weighted by atomic mass is 16.5. The SMILES string of the molecule is COC(c1ccccc1)(c1ccccc1)c1ccc(C(OC)(c2ccc(N(c3ccccc3)c3ccccc3)cc2)c2ccc(N(c3ccccc3)c3ccccc3)cc2)cc1. The van der Waals surface area contributed by atoms with Crippen LogP contribution in [0.1, 0.15) is 33.4 Å². The lowest BCUT2D eigenvalue weighted by atomic mass is 9.76. The predicted molar refractivity (Wildman–Crippen MR) is 255 cm³/mol. The second-order valence-electron chi connectivity index (χ2n) is 15.2. The first-order valence-electron chi connectivity index (χ1n) is 21.0. The second kappa shape index (κ2) is 18.0. The molecule has 0 aliphatic carbocycles. The molecule has 0 atom stereocenters. The lowest BCUT2D eigenvalue weighted by Crippen LogP contribution is -2.33. The monoisotopic (exact) mass is 804 g/mol. The number of anilines is 6. The van der Waals surface area contributed by atoms with Gasteiger partial charge in [-0.3, -0.25) is 0 Å². The van der Waals surface area contributed by atoms with Crippen LogP contribution in [0.3, 0.4) is 0 Å². The molecule has 0 spiro atoms. The van der Waals surface area contributed by atoms with E-state index in [1.165, 1.54) is 0 Å². The van der Waals surface area contributed by atoms with Gasteiger partial charge >= 0.3 is 0 Å². The van der Waals surface area contributed by atoms with Gasteiger partial charge in [0.1, 0.15) is 11.2 Å². The Morgan fingerprint density at radius 2 is 0.403 bits per heavy atom. The van der Waals surface area contributed by atoms with E-state index in [9.17, 15) is 0 Å². The van der Waals surface area contributed by atoms with Gasteiger partial charge in [0.05, 0.1) is 0 Å². The summed E-state index contributed by atoms with van der Waals surface area (Å²) < 4.78 is 13.5. The number of hydrogen-bond acceptors (Lipinski definition) is 4. The highest BCUT2D eigenvalue weighted by Crippen LogP contribution is 2.46. The van der Waals surface area contributed by atoms with E-state index in [0.717, 1.165) is 67.5 Å². The maximum Gasteiger partial charge on any atom is 0.143 e. The topological polar surface area (TPSA) is 24.9 Å². The minimum atomic E-state index is -0.987. The number of benzene rings is 9. The minimum absolute atomic E-state index is 0.837. The highest BCUT2D eigenvalue weighted by Gasteiger charge is 2.40.